The predicted octanol–water partition coefficient (Wildman–Crippen LogP) is 10.9. The van der Waals surface area contributed by atoms with Gasteiger partial charge in [0, 0.05) is 17.2 Å². The number of carbonyl (C=O) groups excluding carboxylic acids is 1. The third-order valence-corrected chi connectivity index (χ3v) is 9.20. The van der Waals surface area contributed by atoms with Gasteiger partial charge < -0.3 is 34.4 Å². The van der Waals surface area contributed by atoms with E-state index in [1.165, 1.54) is 102 Å². The molecule has 296 valence electrons. The van der Waals surface area contributed by atoms with Crippen molar-refractivity contribution in [2.75, 3.05) is 26.3 Å². The number of phenolic OH excluding ortho intramolecular Hbond substituents is 1. The SMILES string of the molecule is CCCCCCCCCCCCCCCCCCOc1cc(Oc2ccc(O)cc2)c(OCCC)c(-c2ccccc2C(=O)N(CC(=O)O)CC(=O)O)c1. The van der Waals surface area contributed by atoms with Crippen LogP contribution in [0.3, 0.4) is 0 Å². The Bertz CT molecular complexity index is 1540. The minimum absolute atomic E-state index is 0.0843. The molecule has 0 fully saturated rings. The zero-order chi connectivity index (χ0) is 39.0. The molecule has 0 unspecified atom stereocenters. The molecular formula is C44H61NO9. The first kappa shape index (κ1) is 43.7. The Morgan fingerprint density at radius 3 is 1.65 bits per heavy atom. The van der Waals surface area contributed by atoms with Gasteiger partial charge in [-0.3, -0.25) is 14.4 Å². The van der Waals surface area contributed by atoms with E-state index in [0.29, 0.717) is 53.8 Å². The minimum atomic E-state index is -1.33. The maximum atomic E-state index is 13.7. The van der Waals surface area contributed by atoms with Crippen molar-refractivity contribution >= 4 is 17.8 Å². The second kappa shape index (κ2) is 25.3. The lowest BCUT2D eigenvalue weighted by atomic mass is 9.97. The van der Waals surface area contributed by atoms with Crippen LogP contribution in [-0.4, -0.2) is 64.4 Å². The summed E-state index contributed by atoms with van der Waals surface area (Å²) in [5.74, 6) is -1.75. The van der Waals surface area contributed by atoms with E-state index in [4.69, 9.17) is 14.2 Å². The average molecular weight is 748 g/mol. The van der Waals surface area contributed by atoms with Crippen LogP contribution in [0.25, 0.3) is 11.1 Å². The lowest BCUT2D eigenvalue weighted by Gasteiger charge is -2.22. The van der Waals surface area contributed by atoms with Gasteiger partial charge in [-0.1, -0.05) is 128 Å². The molecule has 3 aromatic rings. The summed E-state index contributed by atoms with van der Waals surface area (Å²) in [6.07, 6.45) is 21.1. The van der Waals surface area contributed by atoms with Crippen LogP contribution in [0.15, 0.2) is 60.7 Å². The zero-order valence-electron chi connectivity index (χ0n) is 32.4. The summed E-state index contributed by atoms with van der Waals surface area (Å²) in [6.45, 7) is 3.46. The Balaban J connectivity index is 1.71. The molecule has 3 N–H and O–H groups in total. The quantitative estimate of drug-likeness (QED) is 0.0591. The molecule has 0 aliphatic heterocycles. The number of nitrogens with zero attached hydrogens (tertiary/aromatic N) is 1. The lowest BCUT2D eigenvalue weighted by molar-refractivity contribution is -0.140. The van der Waals surface area contributed by atoms with E-state index in [-0.39, 0.29) is 11.3 Å². The normalized spacial score (nSPS) is 10.9. The van der Waals surface area contributed by atoms with E-state index in [1.807, 2.05) is 6.92 Å². The van der Waals surface area contributed by atoms with Gasteiger partial charge in [0.1, 0.15) is 30.3 Å². The van der Waals surface area contributed by atoms with Crippen LogP contribution < -0.4 is 14.2 Å². The Morgan fingerprint density at radius 1 is 0.574 bits per heavy atom. The maximum absolute atomic E-state index is 13.7. The highest BCUT2D eigenvalue weighted by Gasteiger charge is 2.26. The number of hydrogen-bond donors (Lipinski definition) is 3. The van der Waals surface area contributed by atoms with E-state index in [0.717, 1.165) is 24.2 Å². The largest absolute Gasteiger partial charge is 0.508 e. The first-order chi connectivity index (χ1) is 26.2. The van der Waals surface area contributed by atoms with Crippen molar-refractivity contribution in [3.63, 3.8) is 0 Å². The van der Waals surface area contributed by atoms with Crippen LogP contribution in [0, 0.1) is 0 Å². The number of hydrogen-bond acceptors (Lipinski definition) is 7. The number of rotatable bonds is 29. The molecular weight excluding hydrogens is 686 g/mol. The molecule has 0 aliphatic carbocycles. The number of amides is 1. The summed E-state index contributed by atoms with van der Waals surface area (Å²) in [6, 6.07) is 16.4. The number of aliphatic carboxylic acids is 2. The molecule has 0 bridgehead atoms. The first-order valence-corrected chi connectivity index (χ1v) is 20.0. The fourth-order valence-corrected chi connectivity index (χ4v) is 6.37. The molecule has 0 spiro atoms. The van der Waals surface area contributed by atoms with Gasteiger partial charge in [0.2, 0.25) is 0 Å². The highest BCUT2D eigenvalue weighted by molar-refractivity contribution is 6.03. The van der Waals surface area contributed by atoms with Crippen molar-refractivity contribution in [1.29, 1.82) is 0 Å². The van der Waals surface area contributed by atoms with Crippen LogP contribution in [0.1, 0.15) is 133 Å². The number of ether oxygens (including phenoxy) is 3. The second-order valence-electron chi connectivity index (χ2n) is 13.9. The molecule has 10 heteroatoms. The molecule has 10 nitrogen and oxygen atoms in total. The summed E-state index contributed by atoms with van der Waals surface area (Å²) in [4.78, 5) is 37.7. The van der Waals surface area contributed by atoms with E-state index in [9.17, 15) is 29.7 Å². The van der Waals surface area contributed by atoms with Crippen LogP contribution in [0.2, 0.25) is 0 Å². The standard InChI is InChI=1S/C44H61NO9/c1-3-5-6-7-8-9-10-11-12-13-14-15-16-17-18-21-29-52-36-30-39(43(53-28-4-2)40(31-36)54-35-26-24-34(46)25-27-35)37-22-19-20-23-38(37)44(51)45(32-41(47)48)33-42(49)50/h19-20,22-27,30-31,46H,3-18,21,28-29,32-33H2,1-2H3,(H,47,48)(H,49,50). The number of carboxylic acid groups (broad SMARTS) is 2. The number of carbonyl (C=O) groups is 3. The van der Waals surface area contributed by atoms with Crippen LogP contribution in [0.5, 0.6) is 28.7 Å². The molecule has 0 radical (unpaired) electrons. The van der Waals surface area contributed by atoms with Gasteiger partial charge in [-0.25, -0.2) is 0 Å². The second-order valence-corrected chi connectivity index (χ2v) is 13.9. The Labute approximate surface area is 321 Å². The molecule has 0 saturated heterocycles. The lowest BCUT2D eigenvalue weighted by Crippen LogP contribution is -2.39. The van der Waals surface area contributed by atoms with Crippen molar-refractivity contribution in [1.82, 2.24) is 4.90 Å². The van der Waals surface area contributed by atoms with E-state index >= 15 is 0 Å². The minimum Gasteiger partial charge on any atom is -0.508 e. The summed E-state index contributed by atoms with van der Waals surface area (Å²) >= 11 is 0. The first-order valence-electron chi connectivity index (χ1n) is 20.0. The molecule has 3 aromatic carbocycles. The smallest absolute Gasteiger partial charge is 0.323 e. The number of aromatic hydroxyl groups is 1. The van der Waals surface area contributed by atoms with E-state index in [2.05, 4.69) is 6.92 Å². The summed E-state index contributed by atoms with van der Waals surface area (Å²) < 4.78 is 18.8. The number of benzene rings is 3. The molecule has 1 amide bonds. The fourth-order valence-electron chi connectivity index (χ4n) is 6.37. The molecule has 0 aliphatic rings. The van der Waals surface area contributed by atoms with Gasteiger partial charge in [-0.15, -0.1) is 0 Å². The molecule has 0 saturated carbocycles. The van der Waals surface area contributed by atoms with Crippen LogP contribution in [-0.2, 0) is 9.59 Å². The third kappa shape index (κ3) is 16.1. The van der Waals surface area contributed by atoms with Crippen molar-refractivity contribution < 1.29 is 43.9 Å². The molecule has 3 rings (SSSR count). The van der Waals surface area contributed by atoms with Crippen molar-refractivity contribution in [2.24, 2.45) is 0 Å². The maximum Gasteiger partial charge on any atom is 0.323 e. The Morgan fingerprint density at radius 2 is 1.11 bits per heavy atom. The third-order valence-electron chi connectivity index (χ3n) is 9.20. The molecule has 0 aromatic heterocycles. The van der Waals surface area contributed by atoms with Gasteiger partial charge in [0.05, 0.1) is 13.2 Å². The average Bonchev–Trinajstić information content (AvgIpc) is 3.15. The number of phenols is 1. The summed E-state index contributed by atoms with van der Waals surface area (Å²) in [5, 5.41) is 28.7. The Kier molecular flexibility index (Phi) is 20.5. The summed E-state index contributed by atoms with van der Waals surface area (Å²) in [7, 11) is 0. The van der Waals surface area contributed by atoms with Gasteiger partial charge >= 0.3 is 11.9 Å². The van der Waals surface area contributed by atoms with Crippen LogP contribution >= 0.6 is 0 Å². The van der Waals surface area contributed by atoms with Gasteiger partial charge in [0.25, 0.3) is 5.91 Å². The summed E-state index contributed by atoms with van der Waals surface area (Å²) in [5.41, 5.74) is 0.973. The van der Waals surface area contributed by atoms with Crippen LogP contribution in [0.4, 0.5) is 0 Å². The highest BCUT2D eigenvalue weighted by Crippen LogP contribution is 2.45. The van der Waals surface area contributed by atoms with E-state index < -0.39 is 30.9 Å². The molecule has 54 heavy (non-hydrogen) atoms. The van der Waals surface area contributed by atoms with Gasteiger partial charge in [-0.2, -0.15) is 0 Å². The van der Waals surface area contributed by atoms with Crippen molar-refractivity contribution in [3.8, 4) is 39.9 Å². The highest BCUT2D eigenvalue weighted by atomic mass is 16.5. The zero-order valence-corrected chi connectivity index (χ0v) is 32.4. The van der Waals surface area contributed by atoms with Gasteiger partial charge in [0.15, 0.2) is 11.5 Å². The predicted molar refractivity (Wildman–Crippen MR) is 212 cm³/mol. The topological polar surface area (TPSA) is 143 Å². The fraction of sp³-hybridized carbons (Fsp3) is 0.523. The molecule has 0 atom stereocenters. The Hall–Kier alpha value is -4.73. The number of unbranched alkanes of at least 4 members (excludes halogenated alkanes) is 15. The number of carboxylic acids is 2. The van der Waals surface area contributed by atoms with E-state index in [1.54, 1.807) is 42.5 Å². The van der Waals surface area contributed by atoms with Gasteiger partial charge in [-0.05, 0) is 54.8 Å². The molecule has 0 heterocycles. The van der Waals surface area contributed by atoms with Crippen molar-refractivity contribution in [3.05, 3.63) is 66.2 Å². The monoisotopic (exact) mass is 747 g/mol. The van der Waals surface area contributed by atoms with Crippen molar-refractivity contribution in [2.45, 2.75) is 123 Å².